The maximum absolute atomic E-state index is 12.4. The number of anilines is 1. The van der Waals surface area contributed by atoms with Crippen LogP contribution in [0.2, 0.25) is 0 Å². The van der Waals surface area contributed by atoms with E-state index in [9.17, 15) is 18.0 Å². The lowest BCUT2D eigenvalue weighted by Crippen LogP contribution is -2.14. The van der Waals surface area contributed by atoms with Crippen LogP contribution in [0.1, 0.15) is 5.01 Å². The molecular formula is C12H8F3N7OS2. The quantitative estimate of drug-likeness (QED) is 0.671. The Bertz CT molecular complexity index is 865. The highest BCUT2D eigenvalue weighted by atomic mass is 32.2. The van der Waals surface area contributed by atoms with Gasteiger partial charge in [-0.25, -0.2) is 0 Å². The number of tetrazole rings is 1. The first-order valence-corrected chi connectivity index (χ1v) is 8.41. The molecule has 2 aromatic heterocycles. The molecule has 0 saturated heterocycles. The van der Waals surface area contributed by atoms with Gasteiger partial charge in [-0.3, -0.25) is 10.1 Å². The second-order valence-corrected chi connectivity index (χ2v) is 6.38. The van der Waals surface area contributed by atoms with Gasteiger partial charge in [-0.1, -0.05) is 41.3 Å². The molecule has 1 N–H and O–H groups in total. The van der Waals surface area contributed by atoms with Gasteiger partial charge in [0.25, 0.3) is 0 Å². The van der Waals surface area contributed by atoms with Crippen molar-refractivity contribution >= 4 is 34.1 Å². The monoisotopic (exact) mass is 387 g/mol. The lowest BCUT2D eigenvalue weighted by Gasteiger charge is -2.03. The highest BCUT2D eigenvalue weighted by molar-refractivity contribution is 7.99. The zero-order valence-electron chi connectivity index (χ0n) is 12.1. The van der Waals surface area contributed by atoms with Gasteiger partial charge in [0.1, 0.15) is 0 Å². The molecule has 3 aromatic rings. The summed E-state index contributed by atoms with van der Waals surface area (Å²) in [5, 5.41) is 18.8. The van der Waals surface area contributed by atoms with Crippen LogP contribution in [0.3, 0.4) is 0 Å². The number of para-hydroxylation sites is 1. The second kappa shape index (κ2) is 7.14. The minimum Gasteiger partial charge on any atom is -0.300 e. The van der Waals surface area contributed by atoms with Crippen molar-refractivity contribution in [3.8, 4) is 5.69 Å². The Morgan fingerprint density at radius 2 is 1.96 bits per heavy atom. The molecular weight excluding hydrogens is 379 g/mol. The van der Waals surface area contributed by atoms with Crippen LogP contribution >= 0.6 is 23.1 Å². The SMILES string of the molecule is O=C(CSc1nnnn1-c1ccccc1)Nc1nnc(C(F)(F)F)s1. The van der Waals surface area contributed by atoms with Crippen LogP contribution in [0, 0.1) is 0 Å². The number of halogens is 3. The van der Waals surface area contributed by atoms with Crippen molar-refractivity contribution in [2.24, 2.45) is 0 Å². The molecule has 0 radical (unpaired) electrons. The summed E-state index contributed by atoms with van der Waals surface area (Å²) in [5.41, 5.74) is 0.717. The smallest absolute Gasteiger partial charge is 0.300 e. The normalized spacial score (nSPS) is 11.5. The molecule has 0 saturated carbocycles. The first-order valence-electron chi connectivity index (χ1n) is 6.60. The zero-order chi connectivity index (χ0) is 17.9. The molecule has 0 spiro atoms. The summed E-state index contributed by atoms with van der Waals surface area (Å²) >= 11 is 1.29. The average Bonchev–Trinajstić information content (AvgIpc) is 3.22. The number of hydrogen-bond donors (Lipinski definition) is 1. The number of benzene rings is 1. The number of hydrogen-bond acceptors (Lipinski definition) is 8. The number of nitrogens with one attached hydrogen (secondary N) is 1. The summed E-state index contributed by atoms with van der Waals surface area (Å²) in [6.45, 7) is 0. The van der Waals surface area contributed by atoms with Gasteiger partial charge >= 0.3 is 6.18 Å². The van der Waals surface area contributed by atoms with Crippen LogP contribution in [0.4, 0.5) is 18.3 Å². The van der Waals surface area contributed by atoms with Gasteiger partial charge in [0.2, 0.25) is 21.2 Å². The summed E-state index contributed by atoms with van der Waals surface area (Å²) in [4.78, 5) is 11.9. The molecule has 0 unspecified atom stereocenters. The van der Waals surface area contributed by atoms with Crippen molar-refractivity contribution in [2.75, 3.05) is 11.1 Å². The third-order valence-corrected chi connectivity index (χ3v) is 4.49. The van der Waals surface area contributed by atoms with Gasteiger partial charge in [-0.2, -0.15) is 17.9 Å². The molecule has 0 bridgehead atoms. The minimum absolute atomic E-state index is 0.103. The van der Waals surface area contributed by atoms with Gasteiger partial charge in [0.15, 0.2) is 0 Å². The molecule has 0 aliphatic heterocycles. The first-order chi connectivity index (χ1) is 11.9. The van der Waals surface area contributed by atoms with E-state index < -0.39 is 17.1 Å². The van der Waals surface area contributed by atoms with E-state index in [-0.39, 0.29) is 22.2 Å². The Labute approximate surface area is 146 Å². The summed E-state index contributed by atoms with van der Waals surface area (Å²) in [5.74, 6) is -0.647. The number of thioether (sulfide) groups is 1. The number of rotatable bonds is 5. The molecule has 130 valence electrons. The average molecular weight is 387 g/mol. The molecule has 25 heavy (non-hydrogen) atoms. The minimum atomic E-state index is -4.59. The van der Waals surface area contributed by atoms with Gasteiger partial charge in [0, 0.05) is 0 Å². The Morgan fingerprint density at radius 3 is 2.64 bits per heavy atom. The fourth-order valence-corrected chi connectivity index (χ4v) is 2.99. The summed E-state index contributed by atoms with van der Waals surface area (Å²) < 4.78 is 38.8. The van der Waals surface area contributed by atoms with Gasteiger partial charge < -0.3 is 0 Å². The summed E-state index contributed by atoms with van der Waals surface area (Å²) in [6, 6.07) is 9.05. The van der Waals surface area contributed by atoms with Crippen molar-refractivity contribution in [1.29, 1.82) is 0 Å². The third-order valence-electron chi connectivity index (χ3n) is 2.69. The van der Waals surface area contributed by atoms with Crippen molar-refractivity contribution < 1.29 is 18.0 Å². The highest BCUT2D eigenvalue weighted by Crippen LogP contribution is 2.33. The van der Waals surface area contributed by atoms with E-state index in [4.69, 9.17) is 0 Å². The van der Waals surface area contributed by atoms with E-state index in [2.05, 4.69) is 31.0 Å². The molecule has 13 heteroatoms. The largest absolute Gasteiger partial charge is 0.445 e. The van der Waals surface area contributed by atoms with Crippen LogP contribution in [0.15, 0.2) is 35.5 Å². The molecule has 2 heterocycles. The Balaban J connectivity index is 1.60. The van der Waals surface area contributed by atoms with Gasteiger partial charge in [-0.05, 0) is 22.6 Å². The molecule has 0 fully saturated rings. The molecule has 0 aliphatic carbocycles. The maximum Gasteiger partial charge on any atom is 0.445 e. The molecule has 3 rings (SSSR count). The van der Waals surface area contributed by atoms with E-state index in [1.165, 1.54) is 4.68 Å². The van der Waals surface area contributed by atoms with Crippen molar-refractivity contribution in [1.82, 2.24) is 30.4 Å². The Kier molecular flexibility index (Phi) is 4.94. The molecule has 0 aliphatic rings. The van der Waals surface area contributed by atoms with E-state index in [1.807, 2.05) is 18.2 Å². The third kappa shape index (κ3) is 4.30. The standard InChI is InChI=1S/C12H8F3N7OS2/c13-12(14,15)9-17-18-10(25-9)16-8(23)6-24-11-19-20-21-22(11)7-4-2-1-3-5-7/h1-5H,6H2,(H,16,18,23). The van der Waals surface area contributed by atoms with Crippen molar-refractivity contribution in [3.05, 3.63) is 35.3 Å². The van der Waals surface area contributed by atoms with E-state index in [0.717, 1.165) is 11.8 Å². The second-order valence-electron chi connectivity index (χ2n) is 4.46. The molecule has 1 aromatic carbocycles. The summed E-state index contributed by atoms with van der Waals surface area (Å²) in [7, 11) is 0. The van der Waals surface area contributed by atoms with E-state index >= 15 is 0 Å². The van der Waals surface area contributed by atoms with E-state index in [1.54, 1.807) is 12.1 Å². The number of nitrogens with zero attached hydrogens (tertiary/aromatic N) is 6. The molecule has 8 nitrogen and oxygen atoms in total. The fourth-order valence-electron chi connectivity index (χ4n) is 1.67. The highest BCUT2D eigenvalue weighted by Gasteiger charge is 2.35. The van der Waals surface area contributed by atoms with Crippen molar-refractivity contribution in [3.63, 3.8) is 0 Å². The van der Waals surface area contributed by atoms with Crippen molar-refractivity contribution in [2.45, 2.75) is 11.3 Å². The van der Waals surface area contributed by atoms with Crippen LogP contribution in [-0.2, 0) is 11.0 Å². The van der Waals surface area contributed by atoms with Crippen LogP contribution in [-0.4, -0.2) is 42.1 Å². The molecule has 1 amide bonds. The number of aromatic nitrogens is 6. The van der Waals surface area contributed by atoms with Crippen LogP contribution in [0.5, 0.6) is 0 Å². The Morgan fingerprint density at radius 1 is 1.20 bits per heavy atom. The summed E-state index contributed by atoms with van der Waals surface area (Å²) in [6.07, 6.45) is -4.59. The number of alkyl halides is 3. The fraction of sp³-hybridized carbons (Fsp3) is 0.167. The molecule has 0 atom stereocenters. The van der Waals surface area contributed by atoms with Gasteiger partial charge in [-0.15, -0.1) is 15.3 Å². The predicted molar refractivity (Wildman–Crippen MR) is 83.4 cm³/mol. The lowest BCUT2D eigenvalue weighted by atomic mass is 10.3. The topological polar surface area (TPSA) is 98.5 Å². The van der Waals surface area contributed by atoms with Crippen LogP contribution in [0.25, 0.3) is 5.69 Å². The zero-order valence-corrected chi connectivity index (χ0v) is 13.8. The Hall–Kier alpha value is -2.54. The predicted octanol–water partition coefficient (Wildman–Crippen LogP) is 2.26. The van der Waals surface area contributed by atoms with Crippen LogP contribution < -0.4 is 5.32 Å². The van der Waals surface area contributed by atoms with E-state index in [0.29, 0.717) is 10.8 Å². The lowest BCUT2D eigenvalue weighted by molar-refractivity contribution is -0.138. The number of carbonyl (C=O) groups is 1. The first kappa shape index (κ1) is 17.3. The number of carbonyl (C=O) groups excluding carboxylic acids is 1. The maximum atomic E-state index is 12.4. The van der Waals surface area contributed by atoms with Gasteiger partial charge in [0.05, 0.1) is 11.4 Å². The number of amides is 1.